The van der Waals surface area contributed by atoms with Gasteiger partial charge in [-0.05, 0) is 29.8 Å². The molecule has 0 amide bonds. The van der Waals surface area contributed by atoms with Crippen molar-refractivity contribution in [3.8, 4) is 0 Å². The predicted molar refractivity (Wildman–Crippen MR) is 62.6 cm³/mol. The average molecular weight is 258 g/mol. The third kappa shape index (κ3) is 3.25. The molecule has 0 unspecified atom stereocenters. The largest absolute Gasteiger partial charge is 0.368 e. The van der Waals surface area contributed by atoms with Crippen LogP contribution >= 0.6 is 15.9 Å². The Labute approximate surface area is 93.5 Å². The van der Waals surface area contributed by atoms with Crippen molar-refractivity contribution in [3.63, 3.8) is 0 Å². The zero-order valence-electron chi connectivity index (χ0n) is 9.00. The van der Waals surface area contributed by atoms with Gasteiger partial charge in [0.1, 0.15) is 16.2 Å². The summed E-state index contributed by atoms with van der Waals surface area (Å²) in [6.07, 6.45) is 0. The van der Waals surface area contributed by atoms with Crippen LogP contribution in [0.5, 0.6) is 0 Å². The van der Waals surface area contributed by atoms with Gasteiger partial charge in [0.05, 0.1) is 0 Å². The van der Waals surface area contributed by atoms with Gasteiger partial charge in [0.25, 0.3) is 0 Å². The number of aromatic nitrogens is 2. The highest BCUT2D eigenvalue weighted by molar-refractivity contribution is 9.10. The van der Waals surface area contributed by atoms with Crippen molar-refractivity contribution in [1.29, 1.82) is 0 Å². The van der Waals surface area contributed by atoms with Crippen LogP contribution in [-0.4, -0.2) is 16.0 Å². The Hall–Kier alpha value is -0.640. The molecule has 0 atom stereocenters. The minimum absolute atomic E-state index is 0.347. The van der Waals surface area contributed by atoms with E-state index >= 15 is 0 Å². The molecular formula is C10H16BrN3. The van der Waals surface area contributed by atoms with Crippen LogP contribution in [0.25, 0.3) is 0 Å². The fourth-order valence-electron chi connectivity index (χ4n) is 1.06. The number of rotatable bonds is 3. The third-order valence-corrected chi connectivity index (χ3v) is 2.07. The second-order valence-corrected chi connectivity index (χ2v) is 4.70. The lowest BCUT2D eigenvalue weighted by atomic mass is 10.2. The number of nitrogens with zero attached hydrogens (tertiary/aromatic N) is 2. The normalized spacial score (nSPS) is 11.1. The van der Waals surface area contributed by atoms with Gasteiger partial charge in [-0.3, -0.25) is 0 Å². The summed E-state index contributed by atoms with van der Waals surface area (Å²) >= 11 is 3.38. The lowest BCUT2D eigenvalue weighted by molar-refractivity contribution is 0.764. The van der Waals surface area contributed by atoms with Gasteiger partial charge in [-0.2, -0.15) is 0 Å². The zero-order chi connectivity index (χ0) is 10.7. The first-order valence-electron chi connectivity index (χ1n) is 4.80. The monoisotopic (exact) mass is 257 g/mol. The summed E-state index contributed by atoms with van der Waals surface area (Å²) in [7, 11) is 0. The maximum atomic E-state index is 4.42. The Morgan fingerprint density at radius 3 is 2.36 bits per heavy atom. The van der Waals surface area contributed by atoms with Crippen LogP contribution < -0.4 is 5.32 Å². The summed E-state index contributed by atoms with van der Waals surface area (Å²) in [4.78, 5) is 8.73. The molecule has 0 fully saturated rings. The van der Waals surface area contributed by atoms with Crippen LogP contribution in [0.15, 0.2) is 10.7 Å². The Bertz CT molecular complexity index is 310. The second kappa shape index (κ2) is 4.73. The third-order valence-electron chi connectivity index (χ3n) is 1.67. The Kier molecular flexibility index (Phi) is 3.86. The maximum Gasteiger partial charge on any atom is 0.134 e. The average Bonchev–Trinajstić information content (AvgIpc) is 2.01. The van der Waals surface area contributed by atoms with Gasteiger partial charge in [0, 0.05) is 18.0 Å². The first-order chi connectivity index (χ1) is 6.49. The first-order valence-corrected chi connectivity index (χ1v) is 5.59. The van der Waals surface area contributed by atoms with E-state index in [1.165, 1.54) is 0 Å². The summed E-state index contributed by atoms with van der Waals surface area (Å²) in [6.45, 7) is 8.35. The van der Waals surface area contributed by atoms with Gasteiger partial charge in [0.2, 0.25) is 0 Å². The number of hydrogen-bond acceptors (Lipinski definition) is 3. The molecule has 1 heterocycles. The molecule has 0 saturated carbocycles. The predicted octanol–water partition coefficient (Wildman–Crippen LogP) is 3.18. The summed E-state index contributed by atoms with van der Waals surface area (Å²) in [6, 6.07) is 2.28. The Balaban J connectivity index is 2.95. The van der Waals surface area contributed by atoms with Gasteiger partial charge in [-0.25, -0.2) is 9.97 Å². The van der Waals surface area contributed by atoms with Crippen molar-refractivity contribution in [1.82, 2.24) is 9.97 Å². The van der Waals surface area contributed by atoms with Crippen LogP contribution in [0.4, 0.5) is 5.82 Å². The molecule has 0 aliphatic heterocycles. The van der Waals surface area contributed by atoms with Crippen molar-refractivity contribution in [3.05, 3.63) is 16.5 Å². The molecule has 14 heavy (non-hydrogen) atoms. The van der Waals surface area contributed by atoms with E-state index in [9.17, 15) is 0 Å². The van der Waals surface area contributed by atoms with E-state index < -0.39 is 0 Å². The molecular weight excluding hydrogens is 242 g/mol. The van der Waals surface area contributed by atoms with Gasteiger partial charge in [-0.1, -0.05) is 13.8 Å². The van der Waals surface area contributed by atoms with Crippen molar-refractivity contribution >= 4 is 21.7 Å². The van der Waals surface area contributed by atoms with Crippen LogP contribution in [0.1, 0.15) is 39.4 Å². The van der Waals surface area contributed by atoms with Gasteiger partial charge in [0.15, 0.2) is 0 Å². The minimum atomic E-state index is 0.347. The minimum Gasteiger partial charge on any atom is -0.368 e. The first kappa shape index (κ1) is 11.4. The Morgan fingerprint density at radius 2 is 1.86 bits per heavy atom. The van der Waals surface area contributed by atoms with E-state index in [1.807, 2.05) is 6.07 Å². The van der Waals surface area contributed by atoms with E-state index in [2.05, 4.69) is 58.9 Å². The lowest BCUT2D eigenvalue weighted by Crippen LogP contribution is -2.12. The topological polar surface area (TPSA) is 37.8 Å². The molecule has 4 heteroatoms. The standard InChI is InChI=1S/C10H16BrN3/c1-6(2)10-13-8(11)5-9(14-10)12-7(3)4/h5-7H,1-4H3,(H,12,13,14). The molecule has 1 N–H and O–H groups in total. The molecule has 0 aliphatic carbocycles. The fraction of sp³-hybridized carbons (Fsp3) is 0.600. The number of halogens is 1. The van der Waals surface area contributed by atoms with Crippen LogP contribution in [0.2, 0.25) is 0 Å². The molecule has 78 valence electrons. The van der Waals surface area contributed by atoms with Crippen molar-refractivity contribution in [2.75, 3.05) is 5.32 Å². The maximum absolute atomic E-state index is 4.42. The van der Waals surface area contributed by atoms with Gasteiger partial charge in [-0.15, -0.1) is 0 Å². The van der Waals surface area contributed by atoms with Crippen molar-refractivity contribution in [2.45, 2.75) is 39.7 Å². The molecule has 1 aromatic rings. The highest BCUT2D eigenvalue weighted by Gasteiger charge is 2.06. The van der Waals surface area contributed by atoms with E-state index in [1.54, 1.807) is 0 Å². The molecule has 0 radical (unpaired) electrons. The molecule has 3 nitrogen and oxygen atoms in total. The van der Waals surface area contributed by atoms with E-state index in [-0.39, 0.29) is 0 Å². The molecule has 0 spiro atoms. The van der Waals surface area contributed by atoms with Gasteiger partial charge >= 0.3 is 0 Å². The quantitative estimate of drug-likeness (QED) is 0.846. The summed E-state index contributed by atoms with van der Waals surface area (Å²) in [5, 5.41) is 3.26. The zero-order valence-corrected chi connectivity index (χ0v) is 10.6. The van der Waals surface area contributed by atoms with Gasteiger partial charge < -0.3 is 5.32 Å². The fourth-order valence-corrected chi connectivity index (χ4v) is 1.46. The van der Waals surface area contributed by atoms with Crippen LogP contribution in [0.3, 0.4) is 0 Å². The van der Waals surface area contributed by atoms with E-state index in [4.69, 9.17) is 0 Å². The van der Waals surface area contributed by atoms with Crippen LogP contribution in [-0.2, 0) is 0 Å². The Morgan fingerprint density at radius 1 is 1.21 bits per heavy atom. The molecule has 1 aromatic heterocycles. The number of hydrogen-bond donors (Lipinski definition) is 1. The van der Waals surface area contributed by atoms with E-state index in [0.717, 1.165) is 16.2 Å². The van der Waals surface area contributed by atoms with Crippen LogP contribution in [0, 0.1) is 0 Å². The smallest absolute Gasteiger partial charge is 0.134 e. The van der Waals surface area contributed by atoms with Crippen molar-refractivity contribution < 1.29 is 0 Å². The molecule has 1 rings (SSSR count). The van der Waals surface area contributed by atoms with E-state index in [0.29, 0.717) is 12.0 Å². The van der Waals surface area contributed by atoms with Crippen molar-refractivity contribution in [2.24, 2.45) is 0 Å². The second-order valence-electron chi connectivity index (χ2n) is 3.89. The summed E-state index contributed by atoms with van der Waals surface area (Å²) < 4.78 is 0.833. The molecule has 0 aromatic carbocycles. The summed E-state index contributed by atoms with van der Waals surface area (Å²) in [5.41, 5.74) is 0. The molecule has 0 bridgehead atoms. The molecule has 0 saturated heterocycles. The highest BCUT2D eigenvalue weighted by atomic mass is 79.9. The lowest BCUT2D eigenvalue weighted by Gasteiger charge is -2.11. The number of nitrogens with one attached hydrogen (secondary N) is 1. The SMILES string of the molecule is CC(C)Nc1cc(Br)nc(C(C)C)n1. The summed E-state index contributed by atoms with van der Waals surface area (Å²) in [5.74, 6) is 2.09. The highest BCUT2D eigenvalue weighted by Crippen LogP contribution is 2.17. The number of anilines is 1. The molecule has 0 aliphatic rings.